The Labute approximate surface area is 564 Å². The van der Waals surface area contributed by atoms with Crippen molar-refractivity contribution in [2.45, 2.75) is 25.7 Å². The molecule has 5 amide bonds. The molecule has 34 heteroatoms. The number of amides is 5. The van der Waals surface area contributed by atoms with Crippen molar-refractivity contribution >= 4 is 35.5 Å². The van der Waals surface area contributed by atoms with E-state index in [0.29, 0.717) is 316 Å². The first kappa shape index (κ1) is 88.1. The van der Waals surface area contributed by atoms with E-state index in [9.17, 15) is 28.8 Å². The highest BCUT2D eigenvalue weighted by atomic mass is 16.7. The zero-order chi connectivity index (χ0) is 68.6. The Hall–Kier alpha value is -4.00. The number of hydrogen-bond acceptors (Lipinski definition) is 31. The van der Waals surface area contributed by atoms with Gasteiger partial charge in [-0.05, 0) is 0 Å². The maximum atomic E-state index is 11.8. The fraction of sp³-hybridized carbons (Fsp3) is 0.871. The average Bonchev–Trinajstić information content (AvgIpc) is 1.88. The van der Waals surface area contributed by atoms with Gasteiger partial charge in [-0.15, -0.1) is 5.06 Å². The van der Waals surface area contributed by atoms with Crippen LogP contribution in [0.4, 0.5) is 0 Å². The predicted octanol–water partition coefficient (Wildman–Crippen LogP) is -1.19. The van der Waals surface area contributed by atoms with Crippen LogP contribution in [-0.2, 0) is 147 Å². The van der Waals surface area contributed by atoms with Crippen molar-refractivity contribution < 1.29 is 147 Å². The summed E-state index contributed by atoms with van der Waals surface area (Å²) >= 11 is 0. The summed E-state index contributed by atoms with van der Waals surface area (Å²) in [5.74, 6) is -2.81. The van der Waals surface area contributed by atoms with Gasteiger partial charge in [-0.1, -0.05) is 0 Å². The van der Waals surface area contributed by atoms with Gasteiger partial charge in [0.25, 0.3) is 23.6 Å². The molecule has 0 saturated carbocycles. The molecule has 2 rings (SSSR count). The molecule has 560 valence electrons. The first-order chi connectivity index (χ1) is 47.4. The van der Waals surface area contributed by atoms with E-state index in [1.54, 1.807) is 0 Å². The Morgan fingerprint density at radius 3 is 0.667 bits per heavy atom. The lowest BCUT2D eigenvalue weighted by Crippen LogP contribution is -2.35. The fourth-order valence-electron chi connectivity index (χ4n) is 7.34. The normalized spacial score (nSPS) is 13.2. The van der Waals surface area contributed by atoms with Gasteiger partial charge in [0.05, 0.1) is 324 Å². The molecule has 0 atom stereocenters. The Bertz CT molecular complexity index is 1820. The molecule has 0 spiro atoms. The quantitative estimate of drug-likeness (QED) is 0.0553. The van der Waals surface area contributed by atoms with Crippen LogP contribution in [0.3, 0.4) is 0 Å². The van der Waals surface area contributed by atoms with Crippen LogP contribution in [0, 0.1) is 0 Å². The van der Waals surface area contributed by atoms with Gasteiger partial charge in [-0.25, -0.2) is 4.79 Å². The minimum atomic E-state index is -0.707. The van der Waals surface area contributed by atoms with Crippen molar-refractivity contribution in [1.29, 1.82) is 0 Å². The van der Waals surface area contributed by atoms with Crippen molar-refractivity contribution in [3.8, 4) is 0 Å². The van der Waals surface area contributed by atoms with E-state index in [0.717, 1.165) is 4.90 Å². The van der Waals surface area contributed by atoms with E-state index >= 15 is 0 Å². The lowest BCUT2D eigenvalue weighted by molar-refractivity contribution is -0.198. The van der Waals surface area contributed by atoms with E-state index in [1.807, 2.05) is 0 Å². The summed E-state index contributed by atoms with van der Waals surface area (Å²) in [7, 11) is 0. The van der Waals surface area contributed by atoms with Crippen LogP contribution >= 0.6 is 0 Å². The topological polar surface area (TPSA) is 352 Å². The third-order valence-electron chi connectivity index (χ3n) is 12.2. The van der Waals surface area contributed by atoms with Gasteiger partial charge in [0.15, 0.2) is 0 Å². The first-order valence-electron chi connectivity index (χ1n) is 33.1. The largest absolute Gasteiger partial charge is 0.378 e. The SMILES string of the molecule is O=C(CCN1C(=O)C=CC1=O)NCCOCCOCCOCCOCCOCCOCCOCCOCCOCCOCCOCCOCCOCCOCCOCCOCCOCCOCCOCCOCCOCCOCCOCCOCCC(=O)ON1C(=O)CCC1=O. The average molecular weight is 1390 g/mol. The molecule has 0 radical (unpaired) electrons. The van der Waals surface area contributed by atoms with Crippen LogP contribution in [-0.4, -0.2) is 376 Å². The van der Waals surface area contributed by atoms with Crippen LogP contribution in [0.1, 0.15) is 25.7 Å². The summed E-state index contributed by atoms with van der Waals surface area (Å²) in [5.41, 5.74) is 0. The molecule has 2 aliphatic rings. The number of rotatable bonds is 79. The molecule has 34 nitrogen and oxygen atoms in total. The molecule has 1 fully saturated rings. The predicted molar refractivity (Wildman–Crippen MR) is 335 cm³/mol. The van der Waals surface area contributed by atoms with Crippen molar-refractivity contribution in [1.82, 2.24) is 15.3 Å². The molecule has 1 N–H and O–H groups in total. The van der Waals surface area contributed by atoms with Gasteiger partial charge in [0.1, 0.15) is 0 Å². The molecule has 2 heterocycles. The number of ether oxygens (including phenoxy) is 24. The molecule has 0 aromatic heterocycles. The third kappa shape index (κ3) is 60.0. The van der Waals surface area contributed by atoms with Crippen LogP contribution in [0.15, 0.2) is 12.2 Å². The summed E-state index contributed by atoms with van der Waals surface area (Å²) in [4.78, 5) is 75.2. The second kappa shape index (κ2) is 70.8. The van der Waals surface area contributed by atoms with Crippen LogP contribution in [0.5, 0.6) is 0 Å². The standard InChI is InChI=1S/C62H111N3O31/c66-57(5-8-64-58(67)1-2-59(64)68)63-7-10-73-12-14-75-16-18-77-20-22-79-24-26-81-28-30-83-32-34-85-36-38-87-40-42-89-44-46-91-48-50-93-52-54-95-56-55-94-53-51-92-49-47-90-45-43-88-41-39-86-37-35-84-33-31-82-29-27-80-25-23-78-21-19-76-17-15-74-13-11-72-9-6-62(71)96-65-60(69)3-4-61(65)70/h1-2H,3-56H2,(H,63,66). The molecular formula is C62H111N3O31. The van der Waals surface area contributed by atoms with E-state index < -0.39 is 29.6 Å². The van der Waals surface area contributed by atoms with Gasteiger partial charge in [-0.3, -0.25) is 28.9 Å². The van der Waals surface area contributed by atoms with Crippen molar-refractivity contribution in [2.75, 3.05) is 330 Å². The number of hydrogen-bond donors (Lipinski definition) is 1. The van der Waals surface area contributed by atoms with Gasteiger partial charge >= 0.3 is 5.97 Å². The number of carbonyl (C=O) groups excluding carboxylic acids is 6. The summed E-state index contributed by atoms with van der Waals surface area (Å²) in [5, 5.41) is 3.20. The summed E-state index contributed by atoms with van der Waals surface area (Å²) in [6.07, 6.45) is 2.44. The Morgan fingerprint density at radius 2 is 0.458 bits per heavy atom. The maximum absolute atomic E-state index is 11.8. The monoisotopic (exact) mass is 1390 g/mol. The Kier molecular flexibility index (Phi) is 65.0. The first-order valence-corrected chi connectivity index (χ1v) is 33.1. The minimum absolute atomic E-state index is 0.0421. The van der Waals surface area contributed by atoms with Gasteiger partial charge < -0.3 is 124 Å². The van der Waals surface area contributed by atoms with Crippen LogP contribution in [0.2, 0.25) is 0 Å². The zero-order valence-electron chi connectivity index (χ0n) is 56.4. The number of nitrogens with one attached hydrogen (secondary N) is 1. The highest BCUT2D eigenvalue weighted by Gasteiger charge is 2.32. The number of nitrogens with zero attached hydrogens (tertiary/aromatic N) is 2. The molecule has 1 saturated heterocycles. The number of imide groups is 2. The lowest BCUT2D eigenvalue weighted by atomic mass is 10.3. The number of hydroxylamine groups is 2. The molecule has 0 aromatic rings. The molecule has 0 aromatic carbocycles. The van der Waals surface area contributed by atoms with Gasteiger partial charge in [0, 0.05) is 44.5 Å². The van der Waals surface area contributed by atoms with Crippen molar-refractivity contribution in [3.05, 3.63) is 12.2 Å². The minimum Gasteiger partial charge on any atom is -0.378 e. The van der Waals surface area contributed by atoms with E-state index in [2.05, 4.69) is 5.32 Å². The molecular weight excluding hydrogens is 1280 g/mol. The van der Waals surface area contributed by atoms with E-state index in [1.165, 1.54) is 12.2 Å². The van der Waals surface area contributed by atoms with Crippen molar-refractivity contribution in [2.24, 2.45) is 0 Å². The van der Waals surface area contributed by atoms with E-state index in [4.69, 9.17) is 119 Å². The molecule has 96 heavy (non-hydrogen) atoms. The second-order valence-corrected chi connectivity index (χ2v) is 19.8. The fourth-order valence-corrected chi connectivity index (χ4v) is 7.34. The van der Waals surface area contributed by atoms with E-state index in [-0.39, 0.29) is 51.3 Å². The molecule has 0 aliphatic carbocycles. The lowest BCUT2D eigenvalue weighted by Gasteiger charge is -2.13. The smallest absolute Gasteiger partial charge is 0.335 e. The Balaban J connectivity index is 1.09. The summed E-state index contributed by atoms with van der Waals surface area (Å²) in [6.45, 7) is 21.2. The second-order valence-electron chi connectivity index (χ2n) is 19.8. The van der Waals surface area contributed by atoms with Gasteiger partial charge in [-0.2, -0.15) is 0 Å². The number of carbonyl (C=O) groups is 6. The molecule has 0 unspecified atom stereocenters. The molecule has 2 aliphatic heterocycles. The third-order valence-corrected chi connectivity index (χ3v) is 12.2. The zero-order valence-corrected chi connectivity index (χ0v) is 56.4. The van der Waals surface area contributed by atoms with Crippen LogP contribution in [0.25, 0.3) is 0 Å². The van der Waals surface area contributed by atoms with Crippen LogP contribution < -0.4 is 5.32 Å². The summed E-state index contributed by atoms with van der Waals surface area (Å²) < 4.78 is 132. The maximum Gasteiger partial charge on any atom is 0.335 e. The van der Waals surface area contributed by atoms with Crippen molar-refractivity contribution in [3.63, 3.8) is 0 Å². The summed E-state index contributed by atoms with van der Waals surface area (Å²) in [6, 6.07) is 0. The van der Waals surface area contributed by atoms with Gasteiger partial charge in [0.2, 0.25) is 5.91 Å². The highest BCUT2D eigenvalue weighted by molar-refractivity contribution is 6.13. The highest BCUT2D eigenvalue weighted by Crippen LogP contribution is 2.12. The molecule has 0 bridgehead atoms. The Morgan fingerprint density at radius 1 is 0.271 bits per heavy atom.